The number of nitrogens with one attached hydrogen (secondary N) is 6. The van der Waals surface area contributed by atoms with Crippen molar-refractivity contribution in [2.45, 2.75) is 197 Å². The van der Waals surface area contributed by atoms with E-state index in [9.17, 15) is 0 Å². The second-order valence-corrected chi connectivity index (χ2v) is 18.5. The Morgan fingerprint density at radius 2 is 1.03 bits per heavy atom. The number of nitrogens with two attached hydrogens (primary N) is 15. The number of thiazole rings is 1. The smallest absolute Gasteiger partial charge is 0.209 e. The van der Waals surface area contributed by atoms with Crippen LogP contribution in [0.1, 0.15) is 188 Å². The monoisotopic (exact) mass is 1550 g/mol. The van der Waals surface area contributed by atoms with Gasteiger partial charge >= 0.3 is 0 Å². The summed E-state index contributed by atoms with van der Waals surface area (Å²) >= 11 is 2.96. The van der Waals surface area contributed by atoms with E-state index in [0.29, 0.717) is 47.0 Å². The van der Waals surface area contributed by atoms with E-state index in [1.54, 1.807) is 93.8 Å². The lowest BCUT2D eigenvalue weighted by molar-refractivity contribution is 0.216. The third-order valence-electron chi connectivity index (χ3n) is 7.71. The Balaban J connectivity index is -0.0000000277. The van der Waals surface area contributed by atoms with Crippen LogP contribution in [0.4, 0.5) is 5.13 Å². The maximum absolute atomic E-state index is 7.94. The molecule has 1 saturated heterocycles. The van der Waals surface area contributed by atoms with Crippen molar-refractivity contribution < 1.29 is 0 Å². The molecule has 104 heavy (non-hydrogen) atoms. The van der Waals surface area contributed by atoms with Crippen LogP contribution in [0.15, 0.2) is 63.5 Å². The summed E-state index contributed by atoms with van der Waals surface area (Å²) in [5.41, 5.74) is 75.1. The first-order valence-corrected chi connectivity index (χ1v) is 31.1. The van der Waals surface area contributed by atoms with Gasteiger partial charge in [0.25, 0.3) is 0 Å². The lowest BCUT2D eigenvalue weighted by Crippen LogP contribution is -2.54. The van der Waals surface area contributed by atoms with Crippen molar-refractivity contribution in [1.82, 2.24) is 45.6 Å². The maximum Gasteiger partial charge on any atom is 0.209 e. The number of rotatable bonds is 6. The molecule has 0 saturated carbocycles. The van der Waals surface area contributed by atoms with Gasteiger partial charge in [-0.25, -0.2) is 9.97 Å². The van der Waals surface area contributed by atoms with Gasteiger partial charge in [0, 0.05) is 146 Å². The van der Waals surface area contributed by atoms with E-state index in [2.05, 4.69) is 116 Å². The van der Waals surface area contributed by atoms with Crippen LogP contribution >= 0.6 is 23.1 Å². The largest absolute Gasteiger partial charge is 0.390 e. The lowest BCUT2D eigenvalue weighted by atomic mass is 10.2. The van der Waals surface area contributed by atoms with Crippen molar-refractivity contribution in [1.29, 1.82) is 16.1 Å². The fourth-order valence-electron chi connectivity index (χ4n) is 2.51. The number of aryl methyl sites for hydroxylation is 3. The Morgan fingerprint density at radius 3 is 1.07 bits per heavy atom. The summed E-state index contributed by atoms with van der Waals surface area (Å²) in [4.78, 5) is 44.5. The third-order valence-corrected chi connectivity index (χ3v) is 9.05. The number of nitrogens with zero attached hydrogens (tertiary/aromatic N) is 15. The SMILES string of the molecule is C.C.C.C.C.C.C.C.C.C.C.CC.CC(=N)N.CCC.CCC(=N)N.CCCN.CCN=C(N)N.CCNC(N)=NC.CCNC(N)=NC.CN(C)C(N)=NC#N.CN(C)C1CNC1.CN=C(C)N.CN=C(N)N.CN=C(N)NC.CN=C(N)SC.CN=CN.Cc1cnc(N)s1.Cc1nccn1C. The molecule has 1 fully saturated rings. The van der Waals surface area contributed by atoms with Crippen LogP contribution in [0.25, 0.3) is 0 Å². The van der Waals surface area contributed by atoms with Gasteiger partial charge in [-0.3, -0.25) is 50.8 Å². The molecule has 0 amide bonds. The Labute approximate surface area is 652 Å². The molecule has 3 rings (SSSR count). The van der Waals surface area contributed by atoms with Crippen molar-refractivity contribution in [2.24, 2.45) is 132 Å². The number of imidazole rings is 1. The van der Waals surface area contributed by atoms with E-state index >= 15 is 0 Å². The molecule has 0 aromatic carbocycles. The number of amidine groups is 4. The second-order valence-electron chi connectivity index (χ2n) is 16.4. The molecule has 1 aliphatic rings. The minimum atomic E-state index is 0. The van der Waals surface area contributed by atoms with Gasteiger partial charge in [0.15, 0.2) is 40.1 Å². The second kappa shape index (κ2) is 153. The molecule has 2 aromatic rings. The number of nitrogen functional groups attached to an aromatic ring is 1. The number of guanidine groups is 6. The molecular weight excluding hydrogens is 1360 g/mol. The van der Waals surface area contributed by atoms with Gasteiger partial charge in [-0.1, -0.05) is 141 Å². The number of nitriles is 1. The van der Waals surface area contributed by atoms with Gasteiger partial charge < -0.3 is 122 Å². The number of aliphatic imine (C=N–C) groups is 9. The Hall–Kier alpha value is -8.67. The highest BCUT2D eigenvalue weighted by atomic mass is 32.2. The topological polar surface area (TPSA) is 658 Å². The van der Waals surface area contributed by atoms with Crippen LogP contribution in [0, 0.1) is 36.1 Å². The van der Waals surface area contributed by atoms with Gasteiger partial charge in [0.2, 0.25) is 12.2 Å². The molecule has 1 aliphatic heterocycles. The fraction of sp³-hybridized carbons (Fsp3) is 0.727. The quantitative estimate of drug-likeness (QED) is 0.0787. The summed E-state index contributed by atoms with van der Waals surface area (Å²) in [7, 11) is 22.8. The van der Waals surface area contributed by atoms with Crippen LogP contribution in [-0.4, -0.2) is 225 Å². The van der Waals surface area contributed by atoms with Crippen LogP contribution < -0.4 is 107 Å². The van der Waals surface area contributed by atoms with Gasteiger partial charge in [-0.15, -0.1) is 16.3 Å². The predicted octanol–water partition coefficient (Wildman–Crippen LogP) is 6.99. The van der Waals surface area contributed by atoms with Crippen LogP contribution in [-0.2, 0) is 7.05 Å². The molecule has 2 aromatic heterocycles. The highest BCUT2D eigenvalue weighted by Crippen LogP contribution is 2.11. The number of likely N-dealkylation sites (N-methyl/N-ethyl adjacent to an activating group) is 1. The molecule has 38 heteroatoms. The van der Waals surface area contributed by atoms with Crippen molar-refractivity contribution in [3.63, 3.8) is 0 Å². The molecule has 36 N–H and O–H groups in total. The van der Waals surface area contributed by atoms with Gasteiger partial charge in [-0.05, 0) is 81.8 Å². The standard InChI is InChI=1S/C5H12N2.C5H8N2.C4H8N4.2C4H11N3.C4H6N2S.2C3H9N3.C3H8N2S.2C3H8N2.C3H9N.C3H8.C2H7N3.2C2H6N2.C2H6.11CH4/c1-7(2)5-3-6-4-5;1-5-6-3-4-7(5)2;1-8(2)4(6)7-3-5;2*1-3-7-4(5)6-2;1-3-2-6-4(5)7-3;1-5-3(4)6-2;1-2-6-3(4)5;1-5-3(4)6-2;1-3(4)5-2;1-2-3(4)5;1-2-3-4;1-3-2;1-5-2(3)4;1-4-2-3;1-2(3)4;1-2;;;;;;;;;;;/h5-6H,3-4H2,1-2H3;3-4H,1-2H3;1-2H3,(H2,6,7);2*3H2,1-2H3,(H3,5,6,7);2H,1H3,(H2,5,6);1-2H3,(H3,4,5,6);2H2,1H3,(H4,4,5,6);1-2H3,(H2,4,5);1-2H3,(H2,4,5);2H2,1H3,(H3,4,5);2-4H2,1H3;3H2,1-2H3;1H3,(H4,3,4,5);2H,1H3,(H2,3,4);1H3,(H3,3,4);1-2H3;11*1H4. The lowest BCUT2D eigenvalue weighted by Gasteiger charge is -2.32. The Bertz CT molecular complexity index is 2030. The minimum absolute atomic E-state index is 0. The summed E-state index contributed by atoms with van der Waals surface area (Å²) in [5.74, 6) is 4.10. The highest BCUT2D eigenvalue weighted by molar-refractivity contribution is 8.13. The zero-order valence-electron chi connectivity index (χ0n) is 62.4. The van der Waals surface area contributed by atoms with Gasteiger partial charge in [-0.2, -0.15) is 5.26 Å². The highest BCUT2D eigenvalue weighted by Gasteiger charge is 2.17. The van der Waals surface area contributed by atoms with Crippen LogP contribution in [0.2, 0.25) is 0 Å². The van der Waals surface area contributed by atoms with E-state index < -0.39 is 0 Å². The fourth-order valence-corrected chi connectivity index (χ4v) is 3.23. The van der Waals surface area contributed by atoms with Crippen LogP contribution in [0.3, 0.4) is 0 Å². The average molecular weight is 1550 g/mol. The zero-order chi connectivity index (χ0) is 76.7. The molecule has 0 radical (unpaired) electrons. The van der Waals surface area contributed by atoms with E-state index in [4.69, 9.17) is 102 Å². The molecule has 0 spiro atoms. The number of hydrogen-bond donors (Lipinski definition) is 21. The third kappa shape index (κ3) is 251. The van der Waals surface area contributed by atoms with Crippen molar-refractivity contribution in [2.75, 3.05) is 136 Å². The van der Waals surface area contributed by atoms with Crippen molar-refractivity contribution in [3.05, 3.63) is 29.3 Å². The molecule has 0 bridgehead atoms. The minimum Gasteiger partial charge on any atom is -0.390 e. The van der Waals surface area contributed by atoms with Crippen molar-refractivity contribution >= 4 is 93.0 Å². The Morgan fingerprint density at radius 1 is 0.692 bits per heavy atom. The van der Waals surface area contributed by atoms with E-state index in [0.717, 1.165) is 42.8 Å². The number of anilines is 1. The normalized spacial score (nSPS) is 9.27. The number of hydrogen-bond acceptors (Lipinski definition) is 20. The number of aromatic nitrogens is 3. The first-order valence-electron chi connectivity index (χ1n) is 29.0. The summed E-state index contributed by atoms with van der Waals surface area (Å²) in [6, 6.07) is 0.806. The molecule has 3 heterocycles. The molecule has 640 valence electrons. The predicted molar refractivity (Wildman–Crippen MR) is 491 cm³/mol. The summed E-state index contributed by atoms with van der Waals surface area (Å²) in [6.07, 6.45) is 13.2. The molecular formula is C66H184N36S2. The van der Waals surface area contributed by atoms with E-state index in [-0.39, 0.29) is 111 Å². The van der Waals surface area contributed by atoms with Gasteiger partial charge in [0.1, 0.15) is 5.82 Å². The summed E-state index contributed by atoms with van der Waals surface area (Å²) in [6.45, 7) is 30.7. The van der Waals surface area contributed by atoms with Crippen molar-refractivity contribution in [3.8, 4) is 6.19 Å². The summed E-state index contributed by atoms with van der Waals surface area (Å²) in [5, 5.41) is 33.5. The zero-order valence-corrected chi connectivity index (χ0v) is 64.1. The summed E-state index contributed by atoms with van der Waals surface area (Å²) < 4.78 is 1.97. The first-order chi connectivity index (χ1) is 43.4. The number of thioether (sulfide) groups is 1. The molecule has 0 atom stereocenters. The van der Waals surface area contributed by atoms with Gasteiger partial charge in [0.05, 0.1) is 23.8 Å². The molecule has 36 nitrogen and oxygen atoms in total. The molecule has 0 aliphatic carbocycles. The van der Waals surface area contributed by atoms with E-state index in [1.807, 2.05) is 79.5 Å². The molecule has 0 unspecified atom stereocenters. The Kier molecular flexibility index (Phi) is 252. The van der Waals surface area contributed by atoms with Crippen LogP contribution in [0.5, 0.6) is 0 Å². The van der Waals surface area contributed by atoms with E-state index in [1.165, 1.54) is 62.9 Å². The average Bonchev–Trinajstić information content (AvgIpc) is 1.12. The maximum atomic E-state index is 7.94. The first kappa shape index (κ1) is 171.